The van der Waals surface area contributed by atoms with E-state index in [1.807, 2.05) is 0 Å². The molecule has 0 fully saturated rings. The molecule has 7 heteroatoms. The van der Waals surface area contributed by atoms with Crippen molar-refractivity contribution in [1.29, 1.82) is 0 Å². The van der Waals surface area contributed by atoms with Crippen LogP contribution in [0.5, 0.6) is 5.75 Å². The van der Waals surface area contributed by atoms with Gasteiger partial charge in [-0.3, -0.25) is 4.72 Å². The summed E-state index contributed by atoms with van der Waals surface area (Å²) in [5.41, 5.74) is 6.40. The number of nitrogens with two attached hydrogens (primary N) is 1. The van der Waals surface area contributed by atoms with E-state index in [2.05, 4.69) is 4.72 Å². The van der Waals surface area contributed by atoms with Gasteiger partial charge in [-0.05, 0) is 35.9 Å². The molecule has 0 aliphatic carbocycles. The van der Waals surface area contributed by atoms with Crippen molar-refractivity contribution in [2.24, 2.45) is 5.73 Å². The minimum absolute atomic E-state index is 0.0357. The molecule has 2 aromatic rings. The summed E-state index contributed by atoms with van der Waals surface area (Å²) in [7, 11) is -2.51. The highest BCUT2D eigenvalue weighted by Crippen LogP contribution is 2.27. The summed E-state index contributed by atoms with van der Waals surface area (Å²) in [6.07, 6.45) is 0. The number of anilines is 1. The third-order valence-corrected chi connectivity index (χ3v) is 4.25. The first kappa shape index (κ1) is 15.3. The minimum Gasteiger partial charge on any atom is -0.495 e. The second-order valence-electron chi connectivity index (χ2n) is 4.31. The average molecular weight is 310 g/mol. The van der Waals surface area contributed by atoms with Crippen molar-refractivity contribution < 1.29 is 17.5 Å². The number of methoxy groups -OCH3 is 1. The first-order valence-corrected chi connectivity index (χ1v) is 7.60. The number of halogens is 1. The summed E-state index contributed by atoms with van der Waals surface area (Å²) in [6, 6.07) is 9.77. The van der Waals surface area contributed by atoms with Crippen molar-refractivity contribution in [2.45, 2.75) is 11.4 Å². The van der Waals surface area contributed by atoms with Gasteiger partial charge in [0, 0.05) is 6.54 Å². The van der Waals surface area contributed by atoms with E-state index in [0.717, 1.165) is 11.6 Å². The second-order valence-corrected chi connectivity index (χ2v) is 5.96. The molecule has 0 bridgehead atoms. The minimum atomic E-state index is -3.88. The molecule has 21 heavy (non-hydrogen) atoms. The molecule has 112 valence electrons. The van der Waals surface area contributed by atoms with Crippen LogP contribution in [-0.4, -0.2) is 15.5 Å². The van der Waals surface area contributed by atoms with Gasteiger partial charge in [0.25, 0.3) is 10.0 Å². The third kappa shape index (κ3) is 3.50. The van der Waals surface area contributed by atoms with Crippen LogP contribution in [0.15, 0.2) is 47.4 Å². The SMILES string of the molecule is COc1cc(CN)ccc1S(=O)(=O)Nc1cccc(F)c1. The Morgan fingerprint density at radius 3 is 2.62 bits per heavy atom. The van der Waals surface area contributed by atoms with Gasteiger partial charge >= 0.3 is 0 Å². The molecule has 0 aliphatic heterocycles. The van der Waals surface area contributed by atoms with Gasteiger partial charge in [-0.15, -0.1) is 0 Å². The summed E-state index contributed by atoms with van der Waals surface area (Å²) in [6.45, 7) is 0.272. The lowest BCUT2D eigenvalue weighted by Gasteiger charge is -2.12. The fraction of sp³-hybridized carbons (Fsp3) is 0.143. The molecule has 3 N–H and O–H groups in total. The van der Waals surface area contributed by atoms with Crippen LogP contribution in [0.2, 0.25) is 0 Å². The third-order valence-electron chi connectivity index (χ3n) is 2.83. The molecule has 0 amide bonds. The molecule has 2 rings (SSSR count). The maximum atomic E-state index is 13.1. The summed E-state index contributed by atoms with van der Waals surface area (Å²) >= 11 is 0. The predicted octanol–water partition coefficient (Wildman–Crippen LogP) is 2.09. The zero-order valence-electron chi connectivity index (χ0n) is 11.3. The van der Waals surface area contributed by atoms with Crippen molar-refractivity contribution in [3.8, 4) is 5.75 Å². The number of sulfonamides is 1. The average Bonchev–Trinajstić information content (AvgIpc) is 2.46. The molecule has 2 aromatic carbocycles. The van der Waals surface area contributed by atoms with E-state index in [9.17, 15) is 12.8 Å². The van der Waals surface area contributed by atoms with Gasteiger partial charge in [0.05, 0.1) is 12.8 Å². The first-order chi connectivity index (χ1) is 9.96. The number of nitrogens with one attached hydrogen (secondary N) is 1. The molecule has 0 spiro atoms. The number of benzene rings is 2. The molecular formula is C14H15FN2O3S. The number of rotatable bonds is 5. The standard InChI is InChI=1S/C14H15FN2O3S/c1-20-13-7-10(9-16)5-6-14(13)21(18,19)17-12-4-2-3-11(15)8-12/h2-8,17H,9,16H2,1H3. The molecule has 0 heterocycles. The van der Waals surface area contributed by atoms with Crippen molar-refractivity contribution in [1.82, 2.24) is 0 Å². The number of hydrogen-bond acceptors (Lipinski definition) is 4. The molecule has 0 radical (unpaired) electrons. The fourth-order valence-electron chi connectivity index (χ4n) is 1.82. The molecule has 5 nitrogen and oxygen atoms in total. The Bertz CT molecular complexity index is 748. The Morgan fingerprint density at radius 2 is 2.00 bits per heavy atom. The highest BCUT2D eigenvalue weighted by atomic mass is 32.2. The lowest BCUT2D eigenvalue weighted by molar-refractivity contribution is 0.402. The summed E-state index contributed by atoms with van der Waals surface area (Å²) < 4.78 is 45.2. The van der Waals surface area contributed by atoms with E-state index in [0.29, 0.717) is 0 Å². The first-order valence-electron chi connectivity index (χ1n) is 6.11. The zero-order valence-corrected chi connectivity index (χ0v) is 12.2. The van der Waals surface area contributed by atoms with E-state index < -0.39 is 15.8 Å². The Kier molecular flexibility index (Phi) is 4.44. The maximum absolute atomic E-state index is 13.1. The van der Waals surface area contributed by atoms with Gasteiger partial charge < -0.3 is 10.5 Å². The largest absolute Gasteiger partial charge is 0.495 e. The van der Waals surface area contributed by atoms with E-state index in [1.165, 1.54) is 31.4 Å². The lowest BCUT2D eigenvalue weighted by atomic mass is 10.2. The van der Waals surface area contributed by atoms with Crippen LogP contribution in [0, 0.1) is 5.82 Å². The van der Waals surface area contributed by atoms with E-state index in [1.54, 1.807) is 12.1 Å². The highest BCUT2D eigenvalue weighted by Gasteiger charge is 2.20. The Labute approximate surface area is 122 Å². The zero-order chi connectivity index (χ0) is 15.5. The van der Waals surface area contributed by atoms with Gasteiger partial charge in [-0.2, -0.15) is 0 Å². The molecule has 0 aliphatic rings. The Morgan fingerprint density at radius 1 is 1.24 bits per heavy atom. The van der Waals surface area contributed by atoms with Gasteiger partial charge in [0.15, 0.2) is 0 Å². The monoisotopic (exact) mass is 310 g/mol. The van der Waals surface area contributed by atoms with Crippen LogP contribution in [-0.2, 0) is 16.6 Å². The van der Waals surface area contributed by atoms with Crippen molar-refractivity contribution >= 4 is 15.7 Å². The molecule has 0 unspecified atom stereocenters. The van der Waals surface area contributed by atoms with Crippen LogP contribution >= 0.6 is 0 Å². The molecule has 0 saturated carbocycles. The molecule has 0 aromatic heterocycles. The van der Waals surface area contributed by atoms with Crippen LogP contribution in [0.3, 0.4) is 0 Å². The lowest BCUT2D eigenvalue weighted by Crippen LogP contribution is -2.14. The number of hydrogen-bond donors (Lipinski definition) is 2. The van der Waals surface area contributed by atoms with Crippen LogP contribution in [0.1, 0.15) is 5.56 Å². The summed E-state index contributed by atoms with van der Waals surface area (Å²) in [4.78, 5) is -0.0357. The summed E-state index contributed by atoms with van der Waals surface area (Å²) in [5, 5.41) is 0. The van der Waals surface area contributed by atoms with Gasteiger partial charge in [0.1, 0.15) is 16.5 Å². The van der Waals surface area contributed by atoms with Gasteiger partial charge in [-0.1, -0.05) is 12.1 Å². The fourth-order valence-corrected chi connectivity index (χ4v) is 3.02. The second kappa shape index (κ2) is 6.11. The van der Waals surface area contributed by atoms with Crippen LogP contribution in [0.4, 0.5) is 10.1 Å². The predicted molar refractivity (Wildman–Crippen MR) is 78.1 cm³/mol. The molecular weight excluding hydrogens is 295 g/mol. The molecule has 0 atom stereocenters. The topological polar surface area (TPSA) is 81.4 Å². The van der Waals surface area contributed by atoms with Crippen LogP contribution < -0.4 is 15.2 Å². The van der Waals surface area contributed by atoms with Crippen molar-refractivity contribution in [2.75, 3.05) is 11.8 Å². The summed E-state index contributed by atoms with van der Waals surface area (Å²) in [5.74, 6) is -0.345. The van der Waals surface area contributed by atoms with Gasteiger partial charge in [-0.25, -0.2) is 12.8 Å². The van der Waals surface area contributed by atoms with E-state index >= 15 is 0 Å². The van der Waals surface area contributed by atoms with E-state index in [-0.39, 0.29) is 22.9 Å². The van der Waals surface area contributed by atoms with Gasteiger partial charge in [0.2, 0.25) is 0 Å². The highest BCUT2D eigenvalue weighted by molar-refractivity contribution is 7.92. The Hall–Kier alpha value is -2.12. The van der Waals surface area contributed by atoms with Crippen molar-refractivity contribution in [3.63, 3.8) is 0 Å². The Balaban J connectivity index is 2.40. The quantitative estimate of drug-likeness (QED) is 0.886. The molecule has 0 saturated heterocycles. The van der Waals surface area contributed by atoms with E-state index in [4.69, 9.17) is 10.5 Å². The maximum Gasteiger partial charge on any atom is 0.265 e. The number of ether oxygens (including phenoxy) is 1. The normalized spacial score (nSPS) is 11.2. The smallest absolute Gasteiger partial charge is 0.265 e. The van der Waals surface area contributed by atoms with Crippen LogP contribution in [0.25, 0.3) is 0 Å². The van der Waals surface area contributed by atoms with Crippen molar-refractivity contribution in [3.05, 3.63) is 53.8 Å².